The third-order valence-electron chi connectivity index (χ3n) is 3.17. The smallest absolute Gasteiger partial charge is 0.119 e. The second kappa shape index (κ2) is 7.43. The van der Waals surface area contributed by atoms with Crippen molar-refractivity contribution in [3.8, 4) is 5.75 Å². The highest BCUT2D eigenvalue weighted by atomic mass is 79.9. The van der Waals surface area contributed by atoms with Crippen LogP contribution in [0.3, 0.4) is 0 Å². The zero-order valence-corrected chi connectivity index (χ0v) is 15.2. The molecule has 0 aliphatic carbocycles. The van der Waals surface area contributed by atoms with E-state index in [4.69, 9.17) is 4.74 Å². The van der Waals surface area contributed by atoms with Crippen molar-refractivity contribution in [3.05, 3.63) is 50.6 Å². The van der Waals surface area contributed by atoms with Crippen LogP contribution in [0.4, 0.5) is 0 Å². The molecular formula is C17H22BrNOS. The monoisotopic (exact) mass is 367 g/mol. The Labute approximate surface area is 139 Å². The molecule has 2 aromatic rings. The highest BCUT2D eigenvalue weighted by molar-refractivity contribution is 9.10. The summed E-state index contributed by atoms with van der Waals surface area (Å²) in [6.45, 7) is 9.06. The average molecular weight is 368 g/mol. The van der Waals surface area contributed by atoms with Crippen molar-refractivity contribution in [2.75, 3.05) is 13.2 Å². The number of halogens is 1. The predicted molar refractivity (Wildman–Crippen MR) is 94.4 cm³/mol. The number of thiophene rings is 1. The second-order valence-corrected chi connectivity index (χ2v) is 7.95. The number of nitrogens with one attached hydrogen (secondary N) is 1. The van der Waals surface area contributed by atoms with Gasteiger partial charge in [0.25, 0.3) is 0 Å². The highest BCUT2D eigenvalue weighted by Gasteiger charge is 2.13. The summed E-state index contributed by atoms with van der Waals surface area (Å²) in [6, 6.07) is 10.5. The molecule has 0 saturated heterocycles. The van der Waals surface area contributed by atoms with Gasteiger partial charge in [-0.2, -0.15) is 0 Å². The molecule has 1 aromatic heterocycles. The Balaban J connectivity index is 1.73. The minimum Gasteiger partial charge on any atom is -0.492 e. The van der Waals surface area contributed by atoms with E-state index in [1.807, 2.05) is 6.07 Å². The summed E-state index contributed by atoms with van der Waals surface area (Å²) in [5.41, 5.74) is 1.46. The summed E-state index contributed by atoms with van der Waals surface area (Å²) in [4.78, 5) is 1.33. The van der Waals surface area contributed by atoms with Crippen LogP contribution in [0.5, 0.6) is 5.75 Å². The summed E-state index contributed by atoms with van der Waals surface area (Å²) in [6.07, 6.45) is 0. The van der Waals surface area contributed by atoms with Gasteiger partial charge in [0.2, 0.25) is 0 Å². The predicted octanol–water partition coefficient (Wildman–Crippen LogP) is 4.98. The van der Waals surface area contributed by atoms with Crippen molar-refractivity contribution in [2.45, 2.75) is 32.7 Å². The van der Waals surface area contributed by atoms with Crippen LogP contribution in [0.25, 0.3) is 0 Å². The summed E-state index contributed by atoms with van der Waals surface area (Å²) in [7, 11) is 0. The topological polar surface area (TPSA) is 21.3 Å². The minimum atomic E-state index is 0.157. The molecule has 1 N–H and O–H groups in total. The van der Waals surface area contributed by atoms with Crippen LogP contribution in [-0.2, 0) is 12.0 Å². The molecule has 1 aromatic carbocycles. The molecule has 0 fully saturated rings. The fourth-order valence-electron chi connectivity index (χ4n) is 1.95. The van der Waals surface area contributed by atoms with Crippen LogP contribution in [0, 0.1) is 0 Å². The maximum atomic E-state index is 5.82. The molecule has 1 heterocycles. The van der Waals surface area contributed by atoms with Gasteiger partial charge in [-0.3, -0.25) is 0 Å². The summed E-state index contributed by atoms with van der Waals surface area (Å²) < 4.78 is 6.97. The maximum absolute atomic E-state index is 5.82. The van der Waals surface area contributed by atoms with Gasteiger partial charge in [0.15, 0.2) is 0 Å². The maximum Gasteiger partial charge on any atom is 0.119 e. The van der Waals surface area contributed by atoms with Gasteiger partial charge in [-0.15, -0.1) is 11.3 Å². The van der Waals surface area contributed by atoms with Gasteiger partial charge < -0.3 is 10.1 Å². The largest absolute Gasteiger partial charge is 0.492 e. The SMILES string of the molecule is CC(C)(C)c1cccc(OCCNCc2cc(Br)cs2)c1. The van der Waals surface area contributed by atoms with Crippen molar-refractivity contribution in [3.63, 3.8) is 0 Å². The van der Waals surface area contributed by atoms with Crippen LogP contribution >= 0.6 is 27.3 Å². The lowest BCUT2D eigenvalue weighted by atomic mass is 9.87. The van der Waals surface area contributed by atoms with Crippen LogP contribution in [0.15, 0.2) is 40.2 Å². The molecule has 0 atom stereocenters. The third kappa shape index (κ3) is 5.46. The normalized spacial score (nSPS) is 11.6. The number of rotatable bonds is 6. The van der Waals surface area contributed by atoms with E-state index in [1.165, 1.54) is 10.4 Å². The van der Waals surface area contributed by atoms with Crippen molar-refractivity contribution in [1.29, 1.82) is 0 Å². The van der Waals surface area contributed by atoms with E-state index in [1.54, 1.807) is 11.3 Å². The molecule has 21 heavy (non-hydrogen) atoms. The Morgan fingerprint density at radius 2 is 2.05 bits per heavy atom. The van der Waals surface area contributed by atoms with Crippen molar-refractivity contribution in [1.82, 2.24) is 5.32 Å². The van der Waals surface area contributed by atoms with Gasteiger partial charge >= 0.3 is 0 Å². The second-order valence-electron chi connectivity index (χ2n) is 6.03. The quantitative estimate of drug-likeness (QED) is 0.727. The molecule has 0 saturated carbocycles. The molecular weight excluding hydrogens is 346 g/mol. The number of ether oxygens (including phenoxy) is 1. The molecule has 2 rings (SSSR count). The molecule has 0 aliphatic heterocycles. The first-order valence-corrected chi connectivity index (χ1v) is 8.79. The minimum absolute atomic E-state index is 0.157. The molecule has 0 radical (unpaired) electrons. The van der Waals surface area contributed by atoms with Crippen LogP contribution < -0.4 is 10.1 Å². The molecule has 4 heteroatoms. The van der Waals surface area contributed by atoms with E-state index in [-0.39, 0.29) is 5.41 Å². The van der Waals surface area contributed by atoms with E-state index in [9.17, 15) is 0 Å². The molecule has 2 nitrogen and oxygen atoms in total. The standard InChI is InChI=1S/C17H22BrNOS/c1-17(2,3)13-5-4-6-15(9-13)20-8-7-19-11-16-10-14(18)12-21-16/h4-6,9-10,12,19H,7-8,11H2,1-3H3. The molecule has 0 bridgehead atoms. The fourth-order valence-corrected chi connectivity index (χ4v) is 3.37. The zero-order valence-electron chi connectivity index (χ0n) is 12.8. The van der Waals surface area contributed by atoms with Crippen LogP contribution in [0.2, 0.25) is 0 Å². The molecule has 0 spiro atoms. The zero-order chi connectivity index (χ0) is 15.3. The number of benzene rings is 1. The lowest BCUT2D eigenvalue weighted by molar-refractivity contribution is 0.313. The van der Waals surface area contributed by atoms with Gasteiger partial charge in [0.05, 0.1) is 0 Å². The average Bonchev–Trinajstić information content (AvgIpc) is 2.83. The van der Waals surface area contributed by atoms with E-state index < -0.39 is 0 Å². The van der Waals surface area contributed by atoms with E-state index in [0.717, 1.165) is 23.3 Å². The Morgan fingerprint density at radius 1 is 1.24 bits per heavy atom. The molecule has 114 valence electrons. The third-order valence-corrected chi connectivity index (χ3v) is 4.87. The summed E-state index contributed by atoms with van der Waals surface area (Å²) in [5, 5.41) is 5.50. The van der Waals surface area contributed by atoms with Gasteiger partial charge in [-0.05, 0) is 45.1 Å². The van der Waals surface area contributed by atoms with Gasteiger partial charge in [0.1, 0.15) is 12.4 Å². The molecule has 0 unspecified atom stereocenters. The van der Waals surface area contributed by atoms with Crippen LogP contribution in [0.1, 0.15) is 31.2 Å². The highest BCUT2D eigenvalue weighted by Crippen LogP contribution is 2.25. The first-order chi connectivity index (χ1) is 9.95. The van der Waals surface area contributed by atoms with Crippen molar-refractivity contribution >= 4 is 27.3 Å². The van der Waals surface area contributed by atoms with Crippen molar-refractivity contribution in [2.24, 2.45) is 0 Å². The Kier molecular flexibility index (Phi) is 5.85. The summed E-state index contributed by atoms with van der Waals surface area (Å²) >= 11 is 5.22. The van der Waals surface area contributed by atoms with Gasteiger partial charge in [-0.25, -0.2) is 0 Å². The lowest BCUT2D eigenvalue weighted by Crippen LogP contribution is -2.20. The number of hydrogen-bond donors (Lipinski definition) is 1. The molecule has 0 amide bonds. The van der Waals surface area contributed by atoms with Crippen molar-refractivity contribution < 1.29 is 4.74 Å². The van der Waals surface area contributed by atoms with E-state index in [2.05, 4.69) is 71.7 Å². The van der Waals surface area contributed by atoms with Crippen LogP contribution in [-0.4, -0.2) is 13.2 Å². The van der Waals surface area contributed by atoms with Gasteiger partial charge in [-0.1, -0.05) is 32.9 Å². The van der Waals surface area contributed by atoms with E-state index >= 15 is 0 Å². The first kappa shape index (κ1) is 16.5. The molecule has 0 aliphatic rings. The first-order valence-electron chi connectivity index (χ1n) is 7.12. The Hall–Kier alpha value is -0.840. The summed E-state index contributed by atoms with van der Waals surface area (Å²) in [5.74, 6) is 0.947. The van der Waals surface area contributed by atoms with Gasteiger partial charge in [0, 0.05) is 27.8 Å². The van der Waals surface area contributed by atoms with E-state index in [0.29, 0.717) is 6.61 Å². The lowest BCUT2D eigenvalue weighted by Gasteiger charge is -2.19. The fraction of sp³-hybridized carbons (Fsp3) is 0.412. The number of hydrogen-bond acceptors (Lipinski definition) is 3. The Morgan fingerprint density at radius 3 is 2.71 bits per heavy atom. The Bertz CT molecular complexity index is 574.